The van der Waals surface area contributed by atoms with Crippen molar-refractivity contribution >= 4 is 18.0 Å². The van der Waals surface area contributed by atoms with Crippen molar-refractivity contribution in [2.75, 3.05) is 33.5 Å². The fraction of sp³-hybridized carbons (Fsp3) is 0.933. The molecule has 0 aliphatic heterocycles. The third-order valence-corrected chi connectivity index (χ3v) is 10.7. The maximum Gasteiger partial charge on any atom is 0.407 e. The fourth-order valence-electron chi connectivity index (χ4n) is 6.35. The van der Waals surface area contributed by atoms with Crippen molar-refractivity contribution in [2.45, 2.75) is 239 Å². The van der Waals surface area contributed by atoms with E-state index in [0.717, 1.165) is 64.2 Å². The number of hydrogen-bond donors (Lipinski definition) is 1. The van der Waals surface area contributed by atoms with Crippen LogP contribution in [-0.4, -0.2) is 68.8 Å². The minimum Gasteiger partial charge on any atom is -0.462 e. The maximum absolute atomic E-state index is 12.7. The highest BCUT2D eigenvalue weighted by molar-refractivity contribution is 5.70. The highest BCUT2D eigenvalue weighted by Gasteiger charge is 2.25. The molecule has 0 rings (SSSR count). The predicted molar refractivity (Wildman–Crippen MR) is 222 cm³/mol. The quantitative estimate of drug-likeness (QED) is 0.0374. The molecule has 0 aromatic carbocycles. The molecular weight excluding hydrogens is 682 g/mol. The van der Waals surface area contributed by atoms with Crippen LogP contribution in [-0.2, 0) is 33.3 Å². The molecule has 0 spiro atoms. The van der Waals surface area contributed by atoms with Crippen LogP contribution in [0, 0.1) is 0 Å². The Morgan fingerprint density at radius 1 is 0.556 bits per heavy atom. The Labute approximate surface area is 332 Å². The average Bonchev–Trinajstić information content (AvgIpc) is 3.15. The number of hydrogen-bond acceptors (Lipinski definition) is 8. The van der Waals surface area contributed by atoms with Gasteiger partial charge >= 0.3 is 18.0 Å². The molecule has 0 aliphatic rings. The van der Waals surface area contributed by atoms with Gasteiger partial charge in [0.05, 0.1) is 17.8 Å². The number of esters is 2. The highest BCUT2D eigenvalue weighted by Crippen LogP contribution is 2.24. The lowest BCUT2D eigenvalue weighted by molar-refractivity contribution is -0.161. The maximum atomic E-state index is 12.7. The number of unbranched alkanes of at least 4 members (excludes halogenated alkanes) is 20. The van der Waals surface area contributed by atoms with Gasteiger partial charge in [0, 0.05) is 26.5 Å². The lowest BCUT2D eigenvalue weighted by atomic mass is 9.96. The summed E-state index contributed by atoms with van der Waals surface area (Å²) in [4.78, 5) is 37.8. The van der Waals surface area contributed by atoms with Gasteiger partial charge < -0.3 is 29.0 Å². The topological polar surface area (TPSA) is 109 Å². The Morgan fingerprint density at radius 3 is 1.46 bits per heavy atom. The summed E-state index contributed by atoms with van der Waals surface area (Å²) < 4.78 is 28.3. The van der Waals surface area contributed by atoms with Crippen LogP contribution in [0.4, 0.5) is 4.79 Å². The van der Waals surface area contributed by atoms with Gasteiger partial charge in [0.15, 0.2) is 6.10 Å². The van der Waals surface area contributed by atoms with Crippen molar-refractivity contribution < 1.29 is 38.1 Å². The number of methoxy groups -OCH3 is 1. The molecule has 0 saturated carbocycles. The van der Waals surface area contributed by atoms with E-state index < -0.39 is 12.2 Å². The van der Waals surface area contributed by atoms with E-state index in [-0.39, 0.29) is 36.4 Å². The molecule has 0 radical (unpaired) electrons. The Kier molecular flexibility index (Phi) is 34.3. The molecule has 1 unspecified atom stereocenters. The first kappa shape index (κ1) is 52.1. The summed E-state index contributed by atoms with van der Waals surface area (Å²) in [7, 11) is 1.71. The fourth-order valence-corrected chi connectivity index (χ4v) is 6.35. The van der Waals surface area contributed by atoms with Crippen molar-refractivity contribution in [3.8, 4) is 0 Å². The molecule has 2 atom stereocenters. The number of rotatable bonds is 39. The zero-order chi connectivity index (χ0) is 40.2. The monoisotopic (exact) mass is 770 g/mol. The van der Waals surface area contributed by atoms with Gasteiger partial charge in [-0.2, -0.15) is 0 Å². The van der Waals surface area contributed by atoms with Crippen molar-refractivity contribution in [3.63, 3.8) is 0 Å². The standard InChI is InChI=1S/C45H87NO8/c1-8-11-13-15-17-19-21-23-25-27-29-32-41(47)51-38-40(54-42(48)33-30-28-26-24-22-20-18-16-14-12-9-2)39-52-43(49)46-36-31-34-45(6,10-3)53-37-35-44(4,5)50-7/h40H,8-39H2,1-7H3,(H,46,49)/t40-,45?/m1/s1. The molecule has 9 heteroatoms. The van der Waals surface area contributed by atoms with Crippen molar-refractivity contribution in [2.24, 2.45) is 0 Å². The molecule has 1 amide bonds. The first-order valence-corrected chi connectivity index (χ1v) is 22.5. The van der Waals surface area contributed by atoms with E-state index in [9.17, 15) is 14.4 Å². The summed E-state index contributed by atoms with van der Waals surface area (Å²) in [6, 6.07) is 0. The third-order valence-electron chi connectivity index (χ3n) is 10.7. The molecule has 0 heterocycles. The van der Waals surface area contributed by atoms with Crippen LogP contribution in [0.3, 0.4) is 0 Å². The Hall–Kier alpha value is -1.87. The van der Waals surface area contributed by atoms with Crippen LogP contribution >= 0.6 is 0 Å². The molecule has 1 N–H and O–H groups in total. The molecule has 54 heavy (non-hydrogen) atoms. The van der Waals surface area contributed by atoms with E-state index >= 15 is 0 Å². The van der Waals surface area contributed by atoms with E-state index in [2.05, 4.69) is 33.0 Å². The van der Waals surface area contributed by atoms with E-state index in [1.807, 2.05) is 13.8 Å². The second-order valence-electron chi connectivity index (χ2n) is 16.4. The minimum atomic E-state index is -0.842. The van der Waals surface area contributed by atoms with Gasteiger partial charge in [-0.05, 0) is 59.3 Å². The van der Waals surface area contributed by atoms with E-state index in [1.165, 1.54) is 103 Å². The average molecular weight is 770 g/mol. The molecule has 9 nitrogen and oxygen atoms in total. The van der Waals surface area contributed by atoms with Gasteiger partial charge in [0.1, 0.15) is 13.2 Å². The smallest absolute Gasteiger partial charge is 0.407 e. The first-order valence-electron chi connectivity index (χ1n) is 22.5. The van der Waals surface area contributed by atoms with Gasteiger partial charge in [-0.1, -0.05) is 149 Å². The number of alkyl carbamates (subject to hydrolysis) is 1. The van der Waals surface area contributed by atoms with Crippen LogP contribution in [0.25, 0.3) is 0 Å². The number of carbonyl (C=O) groups is 3. The summed E-state index contributed by atoms with van der Waals surface area (Å²) in [6.07, 6.45) is 28.9. The van der Waals surface area contributed by atoms with Crippen LogP contribution in [0.1, 0.15) is 221 Å². The molecule has 0 fully saturated rings. The second-order valence-corrected chi connectivity index (χ2v) is 16.4. The normalized spacial score (nSPS) is 13.3. The summed E-state index contributed by atoms with van der Waals surface area (Å²) >= 11 is 0. The van der Waals surface area contributed by atoms with Crippen LogP contribution in [0.15, 0.2) is 0 Å². The minimum absolute atomic E-state index is 0.125. The summed E-state index contributed by atoms with van der Waals surface area (Å²) in [6.45, 7) is 13.5. The van der Waals surface area contributed by atoms with Crippen molar-refractivity contribution in [1.29, 1.82) is 0 Å². The predicted octanol–water partition coefficient (Wildman–Crippen LogP) is 12.4. The SMILES string of the molecule is CCCCCCCCCCCCCC(=O)OC[C@H](COC(=O)NCCCC(C)(CC)OCCC(C)(C)OC)OC(=O)CCCCCCCCCCCCC. The van der Waals surface area contributed by atoms with E-state index in [4.69, 9.17) is 23.7 Å². The van der Waals surface area contributed by atoms with Gasteiger partial charge in [0.25, 0.3) is 0 Å². The molecular formula is C45H87NO8. The first-order chi connectivity index (χ1) is 26.0. The van der Waals surface area contributed by atoms with E-state index in [1.54, 1.807) is 7.11 Å². The van der Waals surface area contributed by atoms with Gasteiger partial charge in [-0.3, -0.25) is 9.59 Å². The number of ether oxygens (including phenoxy) is 5. The van der Waals surface area contributed by atoms with Gasteiger partial charge in [0.2, 0.25) is 0 Å². The highest BCUT2D eigenvalue weighted by atomic mass is 16.6. The van der Waals surface area contributed by atoms with Crippen molar-refractivity contribution in [1.82, 2.24) is 5.32 Å². The summed E-state index contributed by atoms with van der Waals surface area (Å²) in [5.41, 5.74) is -0.524. The van der Waals surface area contributed by atoms with Gasteiger partial charge in [-0.25, -0.2) is 4.79 Å². The Balaban J connectivity index is 4.61. The van der Waals surface area contributed by atoms with Crippen LogP contribution in [0.5, 0.6) is 0 Å². The molecule has 0 saturated heterocycles. The molecule has 0 aromatic rings. The molecule has 0 aliphatic carbocycles. The van der Waals surface area contributed by atoms with Crippen LogP contribution in [0.2, 0.25) is 0 Å². The number of amides is 1. The largest absolute Gasteiger partial charge is 0.462 e. The number of carbonyl (C=O) groups excluding carboxylic acids is 3. The van der Waals surface area contributed by atoms with Crippen LogP contribution < -0.4 is 5.32 Å². The zero-order valence-electron chi connectivity index (χ0n) is 36.5. The lowest BCUT2D eigenvalue weighted by Crippen LogP contribution is -2.35. The Bertz CT molecular complexity index is 897. The lowest BCUT2D eigenvalue weighted by Gasteiger charge is -2.31. The third kappa shape index (κ3) is 33.5. The molecule has 0 bridgehead atoms. The summed E-state index contributed by atoms with van der Waals surface area (Å²) in [5.74, 6) is -0.664. The zero-order valence-corrected chi connectivity index (χ0v) is 36.5. The molecule has 320 valence electrons. The Morgan fingerprint density at radius 2 is 1.00 bits per heavy atom. The number of nitrogens with one attached hydrogen (secondary N) is 1. The second kappa shape index (κ2) is 35.5. The van der Waals surface area contributed by atoms with E-state index in [0.29, 0.717) is 26.0 Å². The van der Waals surface area contributed by atoms with Crippen molar-refractivity contribution in [3.05, 3.63) is 0 Å². The van der Waals surface area contributed by atoms with Gasteiger partial charge in [-0.15, -0.1) is 0 Å². The molecule has 0 aromatic heterocycles. The summed E-state index contributed by atoms with van der Waals surface area (Å²) in [5, 5.41) is 2.80.